The molecule has 0 bridgehead atoms. The third kappa shape index (κ3) is 2.95. The summed E-state index contributed by atoms with van der Waals surface area (Å²) in [4.78, 5) is 10.7. The standard InChI is InChI=1S/C15H21N3S/c1-5-7-13-17-14(12-8-9-19-11(12)4)10(3)15(18-13)16-6-2/h8-9H,5-7H2,1-4H3,(H,16,17,18). The van der Waals surface area contributed by atoms with Crippen LogP contribution in [-0.4, -0.2) is 16.5 Å². The fraction of sp³-hybridized carbons (Fsp3) is 0.467. The molecule has 0 aliphatic heterocycles. The van der Waals surface area contributed by atoms with E-state index in [1.807, 2.05) is 0 Å². The average molecular weight is 275 g/mol. The molecule has 0 aliphatic rings. The Bertz CT molecular complexity index is 561. The van der Waals surface area contributed by atoms with Crippen LogP contribution in [0.2, 0.25) is 0 Å². The highest BCUT2D eigenvalue weighted by molar-refractivity contribution is 7.10. The molecule has 102 valence electrons. The van der Waals surface area contributed by atoms with Crippen LogP contribution in [0.1, 0.15) is 36.5 Å². The highest BCUT2D eigenvalue weighted by Crippen LogP contribution is 2.31. The smallest absolute Gasteiger partial charge is 0.133 e. The van der Waals surface area contributed by atoms with Gasteiger partial charge >= 0.3 is 0 Å². The van der Waals surface area contributed by atoms with E-state index in [4.69, 9.17) is 4.98 Å². The van der Waals surface area contributed by atoms with E-state index in [1.54, 1.807) is 11.3 Å². The minimum absolute atomic E-state index is 0.880. The van der Waals surface area contributed by atoms with Crippen LogP contribution in [-0.2, 0) is 6.42 Å². The van der Waals surface area contributed by atoms with Gasteiger partial charge in [-0.3, -0.25) is 0 Å². The van der Waals surface area contributed by atoms with E-state index in [2.05, 4.69) is 49.4 Å². The Morgan fingerprint density at radius 1 is 1.21 bits per heavy atom. The second kappa shape index (κ2) is 6.15. The van der Waals surface area contributed by atoms with Crippen molar-refractivity contribution >= 4 is 17.2 Å². The highest BCUT2D eigenvalue weighted by atomic mass is 32.1. The van der Waals surface area contributed by atoms with Crippen LogP contribution in [0.25, 0.3) is 11.3 Å². The summed E-state index contributed by atoms with van der Waals surface area (Å²) >= 11 is 1.77. The average Bonchev–Trinajstić information content (AvgIpc) is 2.80. The fourth-order valence-electron chi connectivity index (χ4n) is 2.13. The second-order valence-electron chi connectivity index (χ2n) is 4.63. The van der Waals surface area contributed by atoms with Gasteiger partial charge in [-0.15, -0.1) is 11.3 Å². The van der Waals surface area contributed by atoms with Gasteiger partial charge in [-0.05, 0) is 38.6 Å². The minimum atomic E-state index is 0.880. The minimum Gasteiger partial charge on any atom is -0.370 e. The van der Waals surface area contributed by atoms with Gasteiger partial charge in [-0.2, -0.15) is 0 Å². The Labute approximate surface area is 119 Å². The first-order valence-corrected chi connectivity index (χ1v) is 7.71. The summed E-state index contributed by atoms with van der Waals surface area (Å²) in [6.07, 6.45) is 1.99. The van der Waals surface area contributed by atoms with Crippen LogP contribution in [0, 0.1) is 13.8 Å². The molecule has 2 heterocycles. The van der Waals surface area contributed by atoms with Crippen LogP contribution >= 0.6 is 11.3 Å². The molecule has 0 spiro atoms. The zero-order valence-electron chi connectivity index (χ0n) is 12.1. The van der Waals surface area contributed by atoms with Gasteiger partial charge in [-0.1, -0.05) is 6.92 Å². The molecule has 0 fully saturated rings. The molecule has 1 N–H and O–H groups in total. The first-order valence-electron chi connectivity index (χ1n) is 6.83. The molecule has 4 heteroatoms. The Kier molecular flexibility index (Phi) is 4.53. The van der Waals surface area contributed by atoms with Gasteiger partial charge in [0.2, 0.25) is 0 Å². The summed E-state index contributed by atoms with van der Waals surface area (Å²) in [5.74, 6) is 1.91. The second-order valence-corrected chi connectivity index (χ2v) is 5.75. The summed E-state index contributed by atoms with van der Waals surface area (Å²) in [5, 5.41) is 5.47. The maximum Gasteiger partial charge on any atom is 0.133 e. The molecule has 2 aromatic rings. The van der Waals surface area contributed by atoms with E-state index in [0.29, 0.717) is 0 Å². The Morgan fingerprint density at radius 3 is 2.58 bits per heavy atom. The van der Waals surface area contributed by atoms with Gasteiger partial charge in [0.15, 0.2) is 0 Å². The van der Waals surface area contributed by atoms with Crippen molar-refractivity contribution in [2.24, 2.45) is 0 Å². The van der Waals surface area contributed by atoms with Crippen molar-refractivity contribution in [1.29, 1.82) is 0 Å². The SMILES string of the molecule is CCCc1nc(NCC)c(C)c(-c2ccsc2C)n1. The number of thiophene rings is 1. The van der Waals surface area contributed by atoms with Gasteiger partial charge < -0.3 is 5.32 Å². The summed E-state index contributed by atoms with van der Waals surface area (Å²) < 4.78 is 0. The molecule has 19 heavy (non-hydrogen) atoms. The Balaban J connectivity index is 2.55. The lowest BCUT2D eigenvalue weighted by molar-refractivity contribution is 0.833. The van der Waals surface area contributed by atoms with E-state index in [0.717, 1.165) is 42.3 Å². The van der Waals surface area contributed by atoms with E-state index in [-0.39, 0.29) is 0 Å². The number of rotatable bonds is 5. The topological polar surface area (TPSA) is 37.8 Å². The lowest BCUT2D eigenvalue weighted by atomic mass is 10.1. The predicted octanol–water partition coefficient (Wildman–Crippen LogP) is 4.21. The van der Waals surface area contributed by atoms with Gasteiger partial charge in [-0.25, -0.2) is 9.97 Å². The molecule has 3 nitrogen and oxygen atoms in total. The van der Waals surface area contributed by atoms with Crippen molar-refractivity contribution in [1.82, 2.24) is 9.97 Å². The third-order valence-electron chi connectivity index (χ3n) is 3.12. The molecule has 0 aliphatic carbocycles. The van der Waals surface area contributed by atoms with Crippen LogP contribution in [0.4, 0.5) is 5.82 Å². The molecular formula is C15H21N3S. The predicted molar refractivity (Wildman–Crippen MR) is 83.0 cm³/mol. The molecule has 0 saturated heterocycles. The molecular weight excluding hydrogens is 254 g/mol. The molecule has 0 amide bonds. The van der Waals surface area contributed by atoms with E-state index in [9.17, 15) is 0 Å². The lowest BCUT2D eigenvalue weighted by Gasteiger charge is -2.13. The maximum atomic E-state index is 4.76. The summed E-state index contributed by atoms with van der Waals surface area (Å²) in [6, 6.07) is 2.15. The van der Waals surface area contributed by atoms with E-state index >= 15 is 0 Å². The molecule has 0 unspecified atom stereocenters. The van der Waals surface area contributed by atoms with Crippen molar-refractivity contribution in [3.63, 3.8) is 0 Å². The molecule has 0 saturated carbocycles. The third-order valence-corrected chi connectivity index (χ3v) is 3.97. The van der Waals surface area contributed by atoms with Crippen LogP contribution in [0.3, 0.4) is 0 Å². The van der Waals surface area contributed by atoms with Crippen LogP contribution < -0.4 is 5.32 Å². The zero-order valence-corrected chi connectivity index (χ0v) is 12.9. The molecule has 2 aromatic heterocycles. The van der Waals surface area contributed by atoms with Crippen molar-refractivity contribution in [2.45, 2.75) is 40.5 Å². The number of anilines is 1. The van der Waals surface area contributed by atoms with Gasteiger partial charge in [0.05, 0.1) is 5.69 Å². The summed E-state index contributed by atoms with van der Waals surface area (Å²) in [6.45, 7) is 9.38. The normalized spacial score (nSPS) is 10.7. The summed E-state index contributed by atoms with van der Waals surface area (Å²) in [5.41, 5.74) is 3.46. The Morgan fingerprint density at radius 2 is 2.00 bits per heavy atom. The number of aryl methyl sites for hydroxylation is 2. The van der Waals surface area contributed by atoms with Gasteiger partial charge in [0.1, 0.15) is 11.6 Å². The quantitative estimate of drug-likeness (QED) is 0.888. The zero-order chi connectivity index (χ0) is 13.8. The number of hydrogen-bond acceptors (Lipinski definition) is 4. The maximum absolute atomic E-state index is 4.76. The monoisotopic (exact) mass is 275 g/mol. The molecule has 2 rings (SSSR count). The molecule has 0 radical (unpaired) electrons. The van der Waals surface area contributed by atoms with Crippen molar-refractivity contribution in [3.05, 3.63) is 27.7 Å². The number of nitrogens with zero attached hydrogens (tertiary/aromatic N) is 2. The summed E-state index contributed by atoms with van der Waals surface area (Å²) in [7, 11) is 0. The first kappa shape index (κ1) is 14.0. The van der Waals surface area contributed by atoms with E-state index < -0.39 is 0 Å². The lowest BCUT2D eigenvalue weighted by Crippen LogP contribution is -2.08. The van der Waals surface area contributed by atoms with Crippen LogP contribution in [0.5, 0.6) is 0 Å². The highest BCUT2D eigenvalue weighted by Gasteiger charge is 2.14. The van der Waals surface area contributed by atoms with Crippen molar-refractivity contribution < 1.29 is 0 Å². The molecule has 0 atom stereocenters. The number of nitrogens with one attached hydrogen (secondary N) is 1. The largest absolute Gasteiger partial charge is 0.370 e. The van der Waals surface area contributed by atoms with Crippen molar-refractivity contribution in [3.8, 4) is 11.3 Å². The van der Waals surface area contributed by atoms with Gasteiger partial charge in [0, 0.05) is 29.0 Å². The molecule has 0 aromatic carbocycles. The fourth-order valence-corrected chi connectivity index (χ4v) is 2.83. The van der Waals surface area contributed by atoms with Crippen LogP contribution in [0.15, 0.2) is 11.4 Å². The van der Waals surface area contributed by atoms with Gasteiger partial charge in [0.25, 0.3) is 0 Å². The Hall–Kier alpha value is -1.42. The number of aromatic nitrogens is 2. The van der Waals surface area contributed by atoms with E-state index in [1.165, 1.54) is 10.4 Å². The number of hydrogen-bond donors (Lipinski definition) is 1. The van der Waals surface area contributed by atoms with Crippen molar-refractivity contribution in [2.75, 3.05) is 11.9 Å². The first-order chi connectivity index (χ1) is 9.17.